The first-order chi connectivity index (χ1) is 10.3. The summed E-state index contributed by atoms with van der Waals surface area (Å²) >= 11 is 0. The molecule has 0 saturated heterocycles. The summed E-state index contributed by atoms with van der Waals surface area (Å²) in [6.45, 7) is 12.4. The molecule has 0 bridgehead atoms. The predicted molar refractivity (Wildman–Crippen MR) is 111 cm³/mol. The van der Waals surface area contributed by atoms with Crippen molar-refractivity contribution in [2.75, 3.05) is 13.1 Å². The predicted octanol–water partition coefficient (Wildman–Crippen LogP) is 3.68. The van der Waals surface area contributed by atoms with Gasteiger partial charge in [-0.3, -0.25) is 4.99 Å². The summed E-state index contributed by atoms with van der Waals surface area (Å²) in [5.74, 6) is 1.20. The average Bonchev–Trinajstić information content (AvgIpc) is 2.45. The van der Waals surface area contributed by atoms with Crippen LogP contribution < -0.4 is 16.4 Å². The maximum atomic E-state index is 5.92. The normalized spacial score (nSPS) is 13.6. The van der Waals surface area contributed by atoms with Gasteiger partial charge >= 0.3 is 0 Å². The Morgan fingerprint density at radius 2 is 1.78 bits per heavy atom. The van der Waals surface area contributed by atoms with Gasteiger partial charge in [0.25, 0.3) is 0 Å². The molecule has 0 amide bonds. The van der Waals surface area contributed by atoms with Crippen molar-refractivity contribution in [3.8, 4) is 0 Å². The highest BCUT2D eigenvalue weighted by Crippen LogP contribution is 2.16. The summed E-state index contributed by atoms with van der Waals surface area (Å²) in [6, 6.07) is 10.7. The van der Waals surface area contributed by atoms with Crippen molar-refractivity contribution in [1.82, 2.24) is 10.6 Å². The van der Waals surface area contributed by atoms with Crippen molar-refractivity contribution in [1.29, 1.82) is 0 Å². The zero-order valence-electron chi connectivity index (χ0n) is 15.1. The van der Waals surface area contributed by atoms with Crippen molar-refractivity contribution in [3.05, 3.63) is 35.9 Å². The molecule has 0 aliphatic carbocycles. The molecular weight excluding hydrogens is 399 g/mol. The Bertz CT molecular complexity index is 457. The van der Waals surface area contributed by atoms with Crippen LogP contribution in [-0.4, -0.2) is 24.6 Å². The lowest BCUT2D eigenvalue weighted by Gasteiger charge is -2.29. The molecule has 5 heteroatoms. The van der Waals surface area contributed by atoms with Gasteiger partial charge in [-0.25, -0.2) is 0 Å². The lowest BCUT2D eigenvalue weighted by Crippen LogP contribution is -2.44. The average molecular weight is 432 g/mol. The van der Waals surface area contributed by atoms with E-state index in [1.807, 2.05) is 6.07 Å². The first-order valence-corrected chi connectivity index (χ1v) is 8.16. The number of hydrogen-bond donors (Lipinski definition) is 3. The van der Waals surface area contributed by atoms with Gasteiger partial charge in [-0.05, 0) is 38.7 Å². The lowest BCUT2D eigenvalue weighted by molar-refractivity contribution is 0.357. The van der Waals surface area contributed by atoms with Crippen molar-refractivity contribution in [2.24, 2.45) is 16.6 Å². The van der Waals surface area contributed by atoms with E-state index in [4.69, 9.17) is 5.73 Å². The largest absolute Gasteiger partial charge is 0.370 e. The molecule has 0 aromatic heterocycles. The molecule has 4 nitrogen and oxygen atoms in total. The monoisotopic (exact) mass is 432 g/mol. The molecule has 0 saturated carbocycles. The smallest absolute Gasteiger partial charge is 0.188 e. The number of halogens is 1. The second kappa shape index (κ2) is 10.9. The van der Waals surface area contributed by atoms with E-state index in [0.717, 1.165) is 13.0 Å². The summed E-state index contributed by atoms with van der Waals surface area (Å²) in [6.07, 6.45) is 1.10. The van der Waals surface area contributed by atoms with Gasteiger partial charge in [0, 0.05) is 18.1 Å². The highest BCUT2D eigenvalue weighted by atomic mass is 127. The van der Waals surface area contributed by atoms with Gasteiger partial charge in [-0.2, -0.15) is 0 Å². The molecule has 1 atom stereocenters. The van der Waals surface area contributed by atoms with E-state index in [1.54, 1.807) is 0 Å². The molecule has 0 spiro atoms. The number of nitrogens with zero attached hydrogens (tertiary/aromatic N) is 1. The Morgan fingerprint density at radius 3 is 2.35 bits per heavy atom. The van der Waals surface area contributed by atoms with E-state index in [-0.39, 0.29) is 35.6 Å². The maximum absolute atomic E-state index is 5.92. The van der Waals surface area contributed by atoms with Crippen LogP contribution in [0.15, 0.2) is 35.3 Å². The van der Waals surface area contributed by atoms with Crippen molar-refractivity contribution < 1.29 is 0 Å². The van der Waals surface area contributed by atoms with E-state index in [0.29, 0.717) is 18.4 Å². The molecule has 0 radical (unpaired) electrons. The van der Waals surface area contributed by atoms with E-state index in [2.05, 4.69) is 74.5 Å². The van der Waals surface area contributed by atoms with Crippen LogP contribution in [0, 0.1) is 5.92 Å². The third kappa shape index (κ3) is 9.81. The molecule has 1 aromatic rings. The summed E-state index contributed by atoms with van der Waals surface area (Å²) in [4.78, 5) is 4.46. The fraction of sp³-hybridized carbons (Fsp3) is 0.611. The number of rotatable bonds is 8. The third-order valence-corrected chi connectivity index (χ3v) is 3.58. The van der Waals surface area contributed by atoms with E-state index >= 15 is 0 Å². The van der Waals surface area contributed by atoms with Gasteiger partial charge in [-0.15, -0.1) is 24.0 Å². The van der Waals surface area contributed by atoms with Crippen LogP contribution in [0.2, 0.25) is 0 Å². The van der Waals surface area contributed by atoms with E-state index < -0.39 is 0 Å². The highest BCUT2D eigenvalue weighted by molar-refractivity contribution is 14.0. The molecule has 0 aliphatic heterocycles. The second-order valence-electron chi connectivity index (χ2n) is 6.97. The fourth-order valence-electron chi connectivity index (χ4n) is 2.28. The Morgan fingerprint density at radius 1 is 1.17 bits per heavy atom. The lowest BCUT2D eigenvalue weighted by atomic mass is 10.0. The Hall–Kier alpha value is -0.820. The SMILES string of the molecule is CC(C)CCNC(N)=NCC(C)(C)NC(C)c1ccccc1.I. The minimum Gasteiger partial charge on any atom is -0.370 e. The molecule has 23 heavy (non-hydrogen) atoms. The van der Waals surface area contributed by atoms with Crippen LogP contribution in [0.5, 0.6) is 0 Å². The standard InChI is InChI=1S/C18H32N4.HI/c1-14(2)11-12-20-17(19)21-13-18(4,5)22-15(3)16-9-7-6-8-10-16;/h6-10,14-15,22H,11-13H2,1-5H3,(H3,19,20,21);1H. The molecule has 1 aromatic carbocycles. The van der Waals surface area contributed by atoms with Crippen molar-refractivity contribution >= 4 is 29.9 Å². The van der Waals surface area contributed by atoms with Gasteiger partial charge in [0.05, 0.1) is 6.54 Å². The van der Waals surface area contributed by atoms with Crippen molar-refractivity contribution in [3.63, 3.8) is 0 Å². The zero-order chi connectivity index (χ0) is 16.6. The van der Waals surface area contributed by atoms with Crippen LogP contribution in [0.3, 0.4) is 0 Å². The third-order valence-electron chi connectivity index (χ3n) is 3.58. The number of hydrogen-bond acceptors (Lipinski definition) is 2. The van der Waals surface area contributed by atoms with Gasteiger partial charge in [-0.1, -0.05) is 44.2 Å². The first-order valence-electron chi connectivity index (χ1n) is 8.16. The van der Waals surface area contributed by atoms with Gasteiger partial charge in [0.1, 0.15) is 0 Å². The summed E-state index contributed by atoms with van der Waals surface area (Å²) in [5, 5.41) is 6.78. The van der Waals surface area contributed by atoms with E-state index in [9.17, 15) is 0 Å². The molecule has 132 valence electrons. The van der Waals surface area contributed by atoms with Crippen molar-refractivity contribution in [2.45, 2.75) is 52.6 Å². The van der Waals surface area contributed by atoms with Crippen LogP contribution in [-0.2, 0) is 0 Å². The van der Waals surface area contributed by atoms with Crippen LogP contribution in [0.4, 0.5) is 0 Å². The highest BCUT2D eigenvalue weighted by Gasteiger charge is 2.20. The molecule has 1 unspecified atom stereocenters. The number of guanidine groups is 1. The number of aliphatic imine (C=N–C) groups is 1. The molecule has 0 fully saturated rings. The minimum absolute atomic E-state index is 0. The summed E-state index contributed by atoms with van der Waals surface area (Å²) in [7, 11) is 0. The van der Waals surface area contributed by atoms with Gasteiger partial charge in [0.15, 0.2) is 5.96 Å². The van der Waals surface area contributed by atoms with Crippen LogP contribution >= 0.6 is 24.0 Å². The quantitative estimate of drug-likeness (QED) is 0.334. The molecule has 4 N–H and O–H groups in total. The van der Waals surface area contributed by atoms with Crippen LogP contribution in [0.25, 0.3) is 0 Å². The minimum atomic E-state index is -0.112. The number of nitrogens with two attached hydrogens (primary N) is 1. The zero-order valence-corrected chi connectivity index (χ0v) is 17.4. The van der Waals surface area contributed by atoms with E-state index in [1.165, 1.54) is 5.56 Å². The van der Waals surface area contributed by atoms with Crippen LogP contribution in [0.1, 0.15) is 52.6 Å². The van der Waals surface area contributed by atoms with Gasteiger partial charge in [0.2, 0.25) is 0 Å². The number of benzene rings is 1. The Balaban J connectivity index is 0.00000484. The molecule has 0 aliphatic rings. The Kier molecular flexibility index (Phi) is 10.5. The Labute approximate surface area is 158 Å². The maximum Gasteiger partial charge on any atom is 0.188 e. The fourth-order valence-corrected chi connectivity index (χ4v) is 2.28. The second-order valence-corrected chi connectivity index (χ2v) is 6.97. The summed E-state index contributed by atoms with van der Waals surface area (Å²) < 4.78 is 0. The number of nitrogens with one attached hydrogen (secondary N) is 2. The first kappa shape index (κ1) is 22.2. The molecular formula is C18H33IN4. The van der Waals surface area contributed by atoms with Gasteiger partial charge < -0.3 is 16.4 Å². The summed E-state index contributed by atoms with van der Waals surface area (Å²) in [5.41, 5.74) is 7.09. The molecule has 1 rings (SSSR count). The topological polar surface area (TPSA) is 62.4 Å². The molecule has 0 heterocycles.